The molecule has 3 N–H and O–H groups in total. The first-order chi connectivity index (χ1) is 8.81. The van der Waals surface area contributed by atoms with Crippen LogP contribution in [0.3, 0.4) is 0 Å². The first kappa shape index (κ1) is 11.2. The van der Waals surface area contributed by atoms with E-state index in [2.05, 4.69) is 16.4 Å². The summed E-state index contributed by atoms with van der Waals surface area (Å²) in [6.45, 7) is 0. The number of aliphatic imine (C=N–C) groups is 1. The predicted molar refractivity (Wildman–Crippen MR) is 78.7 cm³/mol. The number of fused-ring (bicyclic) bond motifs is 1. The summed E-state index contributed by atoms with van der Waals surface area (Å²) in [5.74, 6) is 1.84. The van der Waals surface area contributed by atoms with Crippen molar-refractivity contribution in [2.24, 2.45) is 4.99 Å². The van der Waals surface area contributed by atoms with Gasteiger partial charge in [0.05, 0.1) is 11.4 Å². The molecule has 0 amide bonds. The van der Waals surface area contributed by atoms with Crippen LogP contribution in [0.2, 0.25) is 0 Å². The van der Waals surface area contributed by atoms with Crippen LogP contribution >= 0.6 is 11.8 Å². The highest BCUT2D eigenvalue weighted by molar-refractivity contribution is 8.00. The third-order valence-electron chi connectivity index (χ3n) is 2.68. The molecule has 0 atom stereocenters. The molecule has 0 spiro atoms. The van der Waals surface area contributed by atoms with E-state index in [0.717, 1.165) is 28.7 Å². The maximum Gasteiger partial charge on any atom is 0.117 e. The zero-order valence-electron chi connectivity index (χ0n) is 9.76. The normalized spacial score (nSPS) is 13.7. The lowest BCUT2D eigenvalue weighted by Crippen LogP contribution is -2.16. The number of hydrogen-bond acceptors (Lipinski definition) is 4. The fourth-order valence-corrected chi connectivity index (χ4v) is 2.66. The summed E-state index contributed by atoms with van der Waals surface area (Å²) in [7, 11) is 0. The summed E-state index contributed by atoms with van der Waals surface area (Å²) in [4.78, 5) is 5.85. The molecule has 3 rings (SSSR count). The first-order valence-electron chi connectivity index (χ1n) is 5.73. The van der Waals surface area contributed by atoms with Gasteiger partial charge >= 0.3 is 0 Å². The molecule has 2 aromatic carbocycles. The van der Waals surface area contributed by atoms with Crippen molar-refractivity contribution in [3.8, 4) is 0 Å². The highest BCUT2D eigenvalue weighted by atomic mass is 32.2. The average Bonchev–Trinajstić information content (AvgIpc) is 2.41. The number of nitrogens with zero attached hydrogens (tertiary/aromatic N) is 1. The number of thioether (sulfide) groups is 1. The Labute approximate surface area is 110 Å². The van der Waals surface area contributed by atoms with E-state index in [0.29, 0.717) is 0 Å². The van der Waals surface area contributed by atoms with Gasteiger partial charge in [-0.05, 0) is 36.4 Å². The van der Waals surface area contributed by atoms with Gasteiger partial charge in [-0.2, -0.15) is 0 Å². The van der Waals surface area contributed by atoms with Gasteiger partial charge in [0.2, 0.25) is 0 Å². The second-order valence-corrected chi connectivity index (χ2v) is 5.08. The minimum atomic E-state index is 0.769. The van der Waals surface area contributed by atoms with Gasteiger partial charge in [0.15, 0.2) is 0 Å². The molecule has 0 radical (unpaired) electrons. The van der Waals surface area contributed by atoms with Crippen molar-refractivity contribution in [3.63, 3.8) is 0 Å². The molecule has 90 valence electrons. The molecular weight excluding hydrogens is 242 g/mol. The van der Waals surface area contributed by atoms with Crippen LogP contribution in [0.25, 0.3) is 0 Å². The summed E-state index contributed by atoms with van der Waals surface area (Å²) >= 11 is 1.80. The van der Waals surface area contributed by atoms with Crippen LogP contribution in [0, 0.1) is 0 Å². The minimum absolute atomic E-state index is 0.769. The fourth-order valence-electron chi connectivity index (χ4n) is 1.79. The number of nitrogens with two attached hydrogens (primary N) is 1. The molecule has 0 aliphatic carbocycles. The summed E-state index contributed by atoms with van der Waals surface area (Å²) in [6, 6.07) is 15.9. The molecule has 2 aromatic rings. The van der Waals surface area contributed by atoms with Crippen molar-refractivity contribution in [2.45, 2.75) is 4.90 Å². The summed E-state index contributed by atoms with van der Waals surface area (Å²) in [5.41, 5.74) is 8.48. The lowest BCUT2D eigenvalue weighted by molar-refractivity contribution is 1.34. The van der Waals surface area contributed by atoms with Gasteiger partial charge in [-0.3, -0.25) is 0 Å². The van der Waals surface area contributed by atoms with Gasteiger partial charge < -0.3 is 11.1 Å². The van der Waals surface area contributed by atoms with Crippen LogP contribution in [0.1, 0.15) is 0 Å². The Hall–Kier alpha value is -1.94. The summed E-state index contributed by atoms with van der Waals surface area (Å²) < 4.78 is 0. The summed E-state index contributed by atoms with van der Waals surface area (Å²) in [5, 5.41) is 3.32. The van der Waals surface area contributed by atoms with Crippen LogP contribution in [0.5, 0.6) is 0 Å². The van der Waals surface area contributed by atoms with Crippen LogP contribution in [0.15, 0.2) is 58.4 Å². The molecular formula is C14H13N3S. The van der Waals surface area contributed by atoms with E-state index >= 15 is 0 Å². The Morgan fingerprint density at radius 2 is 1.83 bits per heavy atom. The zero-order chi connectivity index (χ0) is 12.4. The largest absolute Gasteiger partial charge is 0.399 e. The van der Waals surface area contributed by atoms with Crippen LogP contribution in [-0.2, 0) is 0 Å². The smallest absolute Gasteiger partial charge is 0.117 e. The summed E-state index contributed by atoms with van der Waals surface area (Å²) in [6.07, 6.45) is 0. The van der Waals surface area contributed by atoms with E-state index < -0.39 is 0 Å². The van der Waals surface area contributed by atoms with Crippen molar-refractivity contribution in [1.82, 2.24) is 0 Å². The molecule has 0 aromatic heterocycles. The standard InChI is InChI=1S/C14H13N3S/c15-10-5-7-11(8-6-10)16-14-9-18-13-4-2-1-3-12(13)17-14/h1-8H,9,15H2,(H,16,17). The second kappa shape index (κ2) is 4.74. The first-order valence-corrected chi connectivity index (χ1v) is 6.72. The van der Waals surface area contributed by atoms with Crippen molar-refractivity contribution in [3.05, 3.63) is 48.5 Å². The van der Waals surface area contributed by atoms with E-state index in [9.17, 15) is 0 Å². The Bertz CT molecular complexity index is 590. The Morgan fingerprint density at radius 3 is 2.67 bits per heavy atom. The molecule has 18 heavy (non-hydrogen) atoms. The second-order valence-electron chi connectivity index (χ2n) is 4.06. The number of nitrogen functional groups attached to an aromatic ring is 1. The number of anilines is 2. The quantitative estimate of drug-likeness (QED) is 0.767. The topological polar surface area (TPSA) is 50.4 Å². The van der Waals surface area contributed by atoms with Gasteiger partial charge in [0, 0.05) is 16.3 Å². The maximum absolute atomic E-state index is 5.66. The molecule has 0 unspecified atom stereocenters. The van der Waals surface area contributed by atoms with E-state index in [4.69, 9.17) is 5.73 Å². The van der Waals surface area contributed by atoms with Crippen molar-refractivity contribution in [1.29, 1.82) is 0 Å². The van der Waals surface area contributed by atoms with E-state index in [1.54, 1.807) is 11.8 Å². The highest BCUT2D eigenvalue weighted by Crippen LogP contribution is 2.33. The number of benzene rings is 2. The molecule has 3 nitrogen and oxygen atoms in total. The number of nitrogens with one attached hydrogen (secondary N) is 1. The van der Waals surface area contributed by atoms with Crippen LogP contribution < -0.4 is 11.1 Å². The van der Waals surface area contributed by atoms with Crippen LogP contribution in [0.4, 0.5) is 17.1 Å². The predicted octanol–water partition coefficient (Wildman–Crippen LogP) is 3.52. The van der Waals surface area contributed by atoms with Crippen molar-refractivity contribution < 1.29 is 0 Å². The molecule has 0 bridgehead atoms. The molecule has 0 saturated heterocycles. The maximum atomic E-state index is 5.66. The van der Waals surface area contributed by atoms with Crippen LogP contribution in [-0.4, -0.2) is 11.6 Å². The molecule has 1 aliphatic heterocycles. The minimum Gasteiger partial charge on any atom is -0.399 e. The molecule has 1 heterocycles. The molecule has 4 heteroatoms. The van der Waals surface area contributed by atoms with Gasteiger partial charge in [-0.15, -0.1) is 11.8 Å². The highest BCUT2D eigenvalue weighted by Gasteiger charge is 2.11. The molecule has 1 aliphatic rings. The van der Waals surface area contributed by atoms with Gasteiger partial charge in [0.1, 0.15) is 5.84 Å². The van der Waals surface area contributed by atoms with E-state index in [1.807, 2.05) is 42.5 Å². The molecule has 0 saturated carbocycles. The Morgan fingerprint density at radius 1 is 1.06 bits per heavy atom. The van der Waals surface area contributed by atoms with Crippen molar-refractivity contribution in [2.75, 3.05) is 16.8 Å². The SMILES string of the molecule is Nc1ccc(NC2=Nc3ccccc3SC2)cc1. The Kier molecular flexibility index (Phi) is 2.94. The van der Waals surface area contributed by atoms with Gasteiger partial charge in [0.25, 0.3) is 0 Å². The number of rotatable bonds is 1. The number of para-hydroxylation sites is 1. The van der Waals surface area contributed by atoms with E-state index in [1.165, 1.54) is 4.90 Å². The lowest BCUT2D eigenvalue weighted by atomic mass is 10.3. The number of hydrogen-bond donors (Lipinski definition) is 2. The monoisotopic (exact) mass is 255 g/mol. The average molecular weight is 255 g/mol. The van der Waals surface area contributed by atoms with Gasteiger partial charge in [-0.1, -0.05) is 12.1 Å². The lowest BCUT2D eigenvalue weighted by Gasteiger charge is -2.16. The zero-order valence-corrected chi connectivity index (χ0v) is 10.6. The number of amidine groups is 1. The molecule has 0 fully saturated rings. The third-order valence-corrected chi connectivity index (χ3v) is 3.76. The Balaban J connectivity index is 1.83. The van der Waals surface area contributed by atoms with Crippen molar-refractivity contribution >= 4 is 34.7 Å². The van der Waals surface area contributed by atoms with Gasteiger partial charge in [-0.25, -0.2) is 4.99 Å². The fraction of sp³-hybridized carbons (Fsp3) is 0.0714. The third kappa shape index (κ3) is 2.33. The van der Waals surface area contributed by atoms with E-state index in [-0.39, 0.29) is 0 Å².